The van der Waals surface area contributed by atoms with Gasteiger partial charge in [0.2, 0.25) is 3.79 Å². The highest BCUT2D eigenvalue weighted by atomic mass is 127. The van der Waals surface area contributed by atoms with Gasteiger partial charge in [0.1, 0.15) is 0 Å². The van der Waals surface area contributed by atoms with Crippen molar-refractivity contribution in [2.75, 3.05) is 6.61 Å². The van der Waals surface area contributed by atoms with E-state index in [0.717, 1.165) is 0 Å². The summed E-state index contributed by atoms with van der Waals surface area (Å²) in [5.74, 6) is -2.81. The molecule has 0 aliphatic rings. The van der Waals surface area contributed by atoms with Crippen LogP contribution in [0.4, 0.5) is 0 Å². The zero-order valence-corrected chi connectivity index (χ0v) is 19.0. The summed E-state index contributed by atoms with van der Waals surface area (Å²) in [6.45, 7) is 17.0. The minimum atomic E-state index is -1.83. The lowest BCUT2D eigenvalue weighted by molar-refractivity contribution is -0.161. The van der Waals surface area contributed by atoms with Crippen LogP contribution in [0.2, 0.25) is 0 Å². The van der Waals surface area contributed by atoms with Crippen LogP contribution in [0.3, 0.4) is 0 Å². The number of hydrogen-bond acceptors (Lipinski definition) is 6. The maximum Gasteiger partial charge on any atom is 0.330 e. The van der Waals surface area contributed by atoms with Crippen LogP contribution in [0.1, 0.15) is 41.0 Å². The number of carboxylic acid groups (broad SMARTS) is 3. The standard InChI is InChI=1S/C6H13IO3.3C4H6O2/c1-3-5(2,4-8)6(7,9)10;3*1-3(2)4(5)6/h8-10H,3-4H2,1-2H3;3*1H2,2H3,(H,5,6). The third kappa shape index (κ3) is 20.6. The highest BCUT2D eigenvalue weighted by Gasteiger charge is 2.41. The molecule has 28 heavy (non-hydrogen) atoms. The molecule has 0 aromatic rings. The number of aliphatic hydroxyl groups excluding tert-OH is 1. The highest BCUT2D eigenvalue weighted by Crippen LogP contribution is 2.36. The maximum absolute atomic E-state index is 9.60. The van der Waals surface area contributed by atoms with E-state index >= 15 is 0 Å². The number of aliphatic hydroxyl groups is 3. The topological polar surface area (TPSA) is 173 Å². The van der Waals surface area contributed by atoms with Crippen molar-refractivity contribution in [3.8, 4) is 0 Å². The molecule has 0 fully saturated rings. The number of halogens is 1. The Kier molecular flexibility index (Phi) is 19.6. The Bertz CT molecular complexity index is 463. The molecule has 0 spiro atoms. The molecule has 164 valence electrons. The molecule has 9 nitrogen and oxygen atoms in total. The molecule has 0 heterocycles. The molecule has 6 N–H and O–H groups in total. The normalized spacial score (nSPS) is 11.5. The van der Waals surface area contributed by atoms with Crippen molar-refractivity contribution >= 4 is 40.5 Å². The smallest absolute Gasteiger partial charge is 0.330 e. The van der Waals surface area contributed by atoms with Gasteiger partial charge in [-0.05, 0) is 49.8 Å². The largest absolute Gasteiger partial charge is 0.478 e. The summed E-state index contributed by atoms with van der Waals surface area (Å²) in [5.41, 5.74) is -0.298. The van der Waals surface area contributed by atoms with E-state index in [1.807, 2.05) is 0 Å². The second-order valence-electron chi connectivity index (χ2n) is 5.92. The third-order valence-corrected chi connectivity index (χ3v) is 4.29. The lowest BCUT2D eigenvalue weighted by atomic mass is 9.88. The maximum atomic E-state index is 9.60. The number of carbonyl (C=O) groups is 3. The summed E-state index contributed by atoms with van der Waals surface area (Å²) in [7, 11) is 0. The van der Waals surface area contributed by atoms with Gasteiger partial charge in [-0.15, -0.1) is 0 Å². The highest BCUT2D eigenvalue weighted by molar-refractivity contribution is 14.1. The van der Waals surface area contributed by atoms with Crippen LogP contribution in [0.25, 0.3) is 0 Å². The SMILES string of the molecule is C=C(C)C(=O)O.C=C(C)C(=O)O.C=C(C)C(=O)O.CCC(C)(CO)C(O)(O)I. The van der Waals surface area contributed by atoms with Crippen molar-refractivity contribution in [2.45, 2.75) is 44.8 Å². The van der Waals surface area contributed by atoms with Gasteiger partial charge < -0.3 is 30.6 Å². The van der Waals surface area contributed by atoms with Crippen molar-refractivity contribution < 1.29 is 45.0 Å². The lowest BCUT2D eigenvalue weighted by Gasteiger charge is -2.34. The van der Waals surface area contributed by atoms with E-state index in [4.69, 9.17) is 30.6 Å². The molecule has 0 aliphatic carbocycles. The van der Waals surface area contributed by atoms with E-state index in [1.165, 1.54) is 43.4 Å². The molecule has 0 saturated carbocycles. The molecule has 1 unspecified atom stereocenters. The zero-order chi connectivity index (χ0) is 23.9. The third-order valence-electron chi connectivity index (χ3n) is 2.99. The Morgan fingerprint density at radius 2 is 1.00 bits per heavy atom. The van der Waals surface area contributed by atoms with Gasteiger partial charge in [0.05, 0.1) is 12.0 Å². The Hall–Kier alpha value is -1.76. The van der Waals surface area contributed by atoms with Crippen molar-refractivity contribution in [3.05, 3.63) is 36.5 Å². The fourth-order valence-electron chi connectivity index (χ4n) is 0.437. The minimum Gasteiger partial charge on any atom is -0.478 e. The van der Waals surface area contributed by atoms with Gasteiger partial charge in [-0.2, -0.15) is 0 Å². The van der Waals surface area contributed by atoms with Crippen molar-refractivity contribution in [1.29, 1.82) is 0 Å². The molecule has 0 radical (unpaired) electrons. The van der Waals surface area contributed by atoms with E-state index in [-0.39, 0.29) is 23.3 Å². The van der Waals surface area contributed by atoms with Crippen molar-refractivity contribution in [3.63, 3.8) is 0 Å². The van der Waals surface area contributed by atoms with Crippen LogP contribution in [-0.4, -0.2) is 58.9 Å². The molecule has 0 aliphatic heterocycles. The first-order valence-electron chi connectivity index (χ1n) is 7.71. The van der Waals surface area contributed by atoms with Gasteiger partial charge in [0, 0.05) is 16.7 Å². The molecule has 0 rings (SSSR count). The quantitative estimate of drug-likeness (QED) is 0.134. The Labute approximate surface area is 178 Å². The average molecular weight is 518 g/mol. The molecule has 0 bridgehead atoms. The van der Waals surface area contributed by atoms with Crippen LogP contribution < -0.4 is 0 Å². The Morgan fingerprint density at radius 3 is 1.00 bits per heavy atom. The summed E-state index contributed by atoms with van der Waals surface area (Å²) < 4.78 is -1.83. The zero-order valence-electron chi connectivity index (χ0n) is 16.8. The first-order chi connectivity index (χ1) is 12.3. The second-order valence-corrected chi connectivity index (χ2v) is 7.42. The fraction of sp³-hybridized carbons (Fsp3) is 0.500. The van der Waals surface area contributed by atoms with E-state index in [9.17, 15) is 14.4 Å². The van der Waals surface area contributed by atoms with Gasteiger partial charge in [0.15, 0.2) is 0 Å². The van der Waals surface area contributed by atoms with Gasteiger partial charge in [-0.3, -0.25) is 0 Å². The minimum absolute atomic E-state index is 0.176. The molecule has 10 heteroatoms. The van der Waals surface area contributed by atoms with Gasteiger partial charge in [-0.1, -0.05) is 33.6 Å². The molecular formula is C18H31IO9. The number of aliphatic carboxylic acids is 3. The summed E-state index contributed by atoms with van der Waals surface area (Å²) in [6, 6.07) is 0. The van der Waals surface area contributed by atoms with Gasteiger partial charge in [-0.25, -0.2) is 14.4 Å². The van der Waals surface area contributed by atoms with Crippen LogP contribution in [0.15, 0.2) is 36.5 Å². The van der Waals surface area contributed by atoms with E-state index in [1.54, 1.807) is 13.8 Å². The monoisotopic (exact) mass is 518 g/mol. The predicted octanol–water partition coefficient (Wildman–Crippen LogP) is 2.41. The molecule has 1 atom stereocenters. The fourth-order valence-corrected chi connectivity index (χ4v) is 0.989. The number of hydrogen-bond donors (Lipinski definition) is 6. The summed E-state index contributed by atoms with van der Waals surface area (Å²) >= 11 is 1.51. The number of alkyl halides is 1. The van der Waals surface area contributed by atoms with E-state index in [0.29, 0.717) is 6.42 Å². The van der Waals surface area contributed by atoms with Crippen LogP contribution in [0, 0.1) is 5.41 Å². The summed E-state index contributed by atoms with van der Waals surface area (Å²) in [4.78, 5) is 28.8. The van der Waals surface area contributed by atoms with E-state index < -0.39 is 27.1 Å². The van der Waals surface area contributed by atoms with Crippen LogP contribution in [0.5, 0.6) is 0 Å². The second kappa shape index (κ2) is 16.2. The van der Waals surface area contributed by atoms with Crippen LogP contribution in [-0.2, 0) is 14.4 Å². The number of carboxylic acids is 3. The Balaban J connectivity index is -0.000000142. The summed E-state index contributed by atoms with van der Waals surface area (Å²) in [5, 5.41) is 50.7. The molecule has 0 aromatic carbocycles. The number of rotatable bonds is 6. The van der Waals surface area contributed by atoms with Gasteiger partial charge in [0.25, 0.3) is 0 Å². The molecule has 0 aromatic heterocycles. The Morgan fingerprint density at radius 1 is 0.821 bits per heavy atom. The summed E-state index contributed by atoms with van der Waals surface area (Å²) in [6.07, 6.45) is 0.527. The molecular weight excluding hydrogens is 487 g/mol. The van der Waals surface area contributed by atoms with Crippen LogP contribution >= 0.6 is 22.6 Å². The average Bonchev–Trinajstić information content (AvgIpc) is 2.54. The van der Waals surface area contributed by atoms with Gasteiger partial charge >= 0.3 is 17.9 Å². The molecule has 0 amide bonds. The van der Waals surface area contributed by atoms with E-state index in [2.05, 4.69) is 19.7 Å². The van der Waals surface area contributed by atoms with Crippen molar-refractivity contribution in [1.82, 2.24) is 0 Å². The van der Waals surface area contributed by atoms with Crippen molar-refractivity contribution in [2.24, 2.45) is 5.41 Å². The first-order valence-corrected chi connectivity index (χ1v) is 8.79. The first kappa shape index (κ1) is 33.8. The lowest BCUT2D eigenvalue weighted by Crippen LogP contribution is -2.43. The molecule has 0 saturated heterocycles. The predicted molar refractivity (Wildman–Crippen MR) is 114 cm³/mol.